The molecule has 21 heavy (non-hydrogen) atoms. The van der Waals surface area contributed by atoms with Crippen molar-refractivity contribution in [3.63, 3.8) is 0 Å². The maximum absolute atomic E-state index is 3.52. The van der Waals surface area contributed by atoms with Crippen LogP contribution in [-0.2, 0) is 13.0 Å². The Morgan fingerprint density at radius 1 is 0.905 bits per heavy atom. The Balaban J connectivity index is 1.90. The van der Waals surface area contributed by atoms with Gasteiger partial charge in [0.2, 0.25) is 0 Å². The van der Waals surface area contributed by atoms with Gasteiger partial charge in [-0.1, -0.05) is 50.1 Å². The molecule has 0 aliphatic rings. The third-order valence-electron chi connectivity index (χ3n) is 4.22. The summed E-state index contributed by atoms with van der Waals surface area (Å²) in [5, 5.41) is 3.52. The van der Waals surface area contributed by atoms with Crippen LogP contribution in [-0.4, -0.2) is 0 Å². The second kappa shape index (κ2) is 7.87. The van der Waals surface area contributed by atoms with Crippen LogP contribution < -0.4 is 5.32 Å². The second-order valence-electron chi connectivity index (χ2n) is 5.87. The fraction of sp³-hybridized carbons (Fsp3) is 0.400. The van der Waals surface area contributed by atoms with Crippen LogP contribution in [0, 0.1) is 13.8 Å². The van der Waals surface area contributed by atoms with Crippen LogP contribution in [0.5, 0.6) is 0 Å². The van der Waals surface area contributed by atoms with Gasteiger partial charge in [0, 0.05) is 12.2 Å². The minimum absolute atomic E-state index is 0.892. The highest BCUT2D eigenvalue weighted by Gasteiger charge is 2.01. The van der Waals surface area contributed by atoms with Crippen molar-refractivity contribution < 1.29 is 0 Å². The second-order valence-corrected chi connectivity index (χ2v) is 5.87. The molecule has 0 amide bonds. The first-order chi connectivity index (χ1) is 10.2. The van der Waals surface area contributed by atoms with E-state index in [1.165, 1.54) is 53.6 Å². The molecule has 0 fully saturated rings. The lowest BCUT2D eigenvalue weighted by Crippen LogP contribution is -2.02. The Morgan fingerprint density at radius 3 is 2.38 bits per heavy atom. The van der Waals surface area contributed by atoms with E-state index >= 15 is 0 Å². The Hall–Kier alpha value is -1.76. The molecule has 1 N–H and O–H groups in total. The van der Waals surface area contributed by atoms with Gasteiger partial charge in [0.25, 0.3) is 0 Å². The number of nitrogens with one attached hydrogen (secondary N) is 1. The first-order valence-electron chi connectivity index (χ1n) is 8.08. The zero-order chi connectivity index (χ0) is 15.1. The average molecular weight is 281 g/mol. The molecule has 0 unspecified atom stereocenters. The molecule has 2 aromatic carbocycles. The fourth-order valence-corrected chi connectivity index (χ4v) is 2.57. The summed E-state index contributed by atoms with van der Waals surface area (Å²) in [6.07, 6.45) is 5.11. The topological polar surface area (TPSA) is 12.0 Å². The average Bonchev–Trinajstić information content (AvgIpc) is 2.50. The third kappa shape index (κ3) is 4.63. The summed E-state index contributed by atoms with van der Waals surface area (Å²) < 4.78 is 0. The van der Waals surface area contributed by atoms with Crippen molar-refractivity contribution in [2.75, 3.05) is 5.32 Å². The van der Waals surface area contributed by atoms with Crippen molar-refractivity contribution in [2.24, 2.45) is 0 Å². The summed E-state index contributed by atoms with van der Waals surface area (Å²) in [5.74, 6) is 0. The molecule has 1 heteroatoms. The predicted octanol–water partition coefficient (Wildman–Crippen LogP) is 5.65. The normalized spacial score (nSPS) is 10.6. The Labute approximate surface area is 129 Å². The van der Waals surface area contributed by atoms with Crippen molar-refractivity contribution in [1.29, 1.82) is 0 Å². The number of rotatable bonds is 7. The van der Waals surface area contributed by atoms with E-state index in [-0.39, 0.29) is 0 Å². The highest BCUT2D eigenvalue weighted by Crippen LogP contribution is 2.16. The number of hydrogen-bond donors (Lipinski definition) is 1. The van der Waals surface area contributed by atoms with Gasteiger partial charge in [0.05, 0.1) is 0 Å². The van der Waals surface area contributed by atoms with Gasteiger partial charge in [-0.3, -0.25) is 0 Å². The Morgan fingerprint density at radius 2 is 1.67 bits per heavy atom. The van der Waals surface area contributed by atoms with E-state index in [0.29, 0.717) is 0 Å². The Bertz CT molecular complexity index is 555. The molecule has 0 aliphatic heterocycles. The van der Waals surface area contributed by atoms with E-state index in [0.717, 1.165) is 6.54 Å². The summed E-state index contributed by atoms with van der Waals surface area (Å²) in [7, 11) is 0. The third-order valence-corrected chi connectivity index (χ3v) is 4.22. The van der Waals surface area contributed by atoms with Crippen LogP contribution in [0.1, 0.15) is 48.4 Å². The summed E-state index contributed by atoms with van der Waals surface area (Å²) in [5.41, 5.74) is 6.78. The number of hydrogen-bond acceptors (Lipinski definition) is 1. The maximum Gasteiger partial charge on any atom is 0.0403 e. The highest BCUT2D eigenvalue weighted by atomic mass is 14.9. The van der Waals surface area contributed by atoms with Crippen molar-refractivity contribution >= 4 is 5.69 Å². The minimum atomic E-state index is 0.892. The molecular weight excluding hydrogens is 254 g/mol. The van der Waals surface area contributed by atoms with Gasteiger partial charge < -0.3 is 5.32 Å². The van der Waals surface area contributed by atoms with E-state index in [1.54, 1.807) is 0 Å². The van der Waals surface area contributed by atoms with Gasteiger partial charge >= 0.3 is 0 Å². The van der Waals surface area contributed by atoms with Crippen molar-refractivity contribution in [1.82, 2.24) is 0 Å². The number of aryl methyl sites for hydroxylation is 2. The smallest absolute Gasteiger partial charge is 0.0403 e. The van der Waals surface area contributed by atoms with Gasteiger partial charge in [-0.25, -0.2) is 0 Å². The van der Waals surface area contributed by atoms with Crippen LogP contribution in [0.2, 0.25) is 0 Å². The molecule has 0 saturated heterocycles. The zero-order valence-corrected chi connectivity index (χ0v) is 13.6. The molecule has 0 atom stereocenters. The van der Waals surface area contributed by atoms with E-state index in [2.05, 4.69) is 68.6 Å². The van der Waals surface area contributed by atoms with Crippen LogP contribution in [0.15, 0.2) is 42.5 Å². The van der Waals surface area contributed by atoms with E-state index in [1.807, 2.05) is 0 Å². The molecule has 0 bridgehead atoms. The van der Waals surface area contributed by atoms with Crippen LogP contribution in [0.25, 0.3) is 0 Å². The lowest BCUT2D eigenvalue weighted by molar-refractivity contribution is 0.717. The molecule has 0 radical (unpaired) electrons. The van der Waals surface area contributed by atoms with Crippen molar-refractivity contribution in [3.05, 3.63) is 64.7 Å². The van der Waals surface area contributed by atoms with Gasteiger partial charge in [-0.2, -0.15) is 0 Å². The zero-order valence-electron chi connectivity index (χ0n) is 13.6. The number of anilines is 1. The summed E-state index contributed by atoms with van der Waals surface area (Å²) in [4.78, 5) is 0. The largest absolute Gasteiger partial charge is 0.381 e. The molecule has 0 spiro atoms. The molecule has 112 valence electrons. The molecule has 2 aromatic rings. The van der Waals surface area contributed by atoms with Crippen LogP contribution in [0.4, 0.5) is 5.69 Å². The quantitative estimate of drug-likeness (QED) is 0.647. The van der Waals surface area contributed by atoms with E-state index in [9.17, 15) is 0 Å². The predicted molar refractivity (Wildman–Crippen MR) is 92.9 cm³/mol. The maximum atomic E-state index is 3.52. The van der Waals surface area contributed by atoms with E-state index in [4.69, 9.17) is 0 Å². The van der Waals surface area contributed by atoms with Gasteiger partial charge in [-0.15, -0.1) is 0 Å². The summed E-state index contributed by atoms with van der Waals surface area (Å²) in [6.45, 7) is 7.51. The number of unbranched alkanes of at least 4 members (excludes halogenated alkanes) is 2. The minimum Gasteiger partial charge on any atom is -0.381 e. The lowest BCUT2D eigenvalue weighted by Gasteiger charge is -2.11. The standard InChI is InChI=1S/C20H27N/c1-4-5-6-9-18-11-13-20(14-12-18)21-15-19-10-7-8-16(2)17(19)3/h7-8,10-14,21H,4-6,9,15H2,1-3H3. The van der Waals surface area contributed by atoms with Gasteiger partial charge in [-0.05, 0) is 61.1 Å². The Kier molecular flexibility index (Phi) is 5.86. The molecular formula is C20H27N. The first-order valence-corrected chi connectivity index (χ1v) is 8.08. The molecule has 0 heterocycles. The fourth-order valence-electron chi connectivity index (χ4n) is 2.57. The molecule has 0 aliphatic carbocycles. The van der Waals surface area contributed by atoms with Gasteiger partial charge in [0.15, 0.2) is 0 Å². The lowest BCUT2D eigenvalue weighted by atomic mass is 10.0. The highest BCUT2D eigenvalue weighted by molar-refractivity contribution is 5.46. The monoisotopic (exact) mass is 281 g/mol. The summed E-state index contributed by atoms with van der Waals surface area (Å²) in [6, 6.07) is 15.4. The van der Waals surface area contributed by atoms with Crippen LogP contribution >= 0.6 is 0 Å². The molecule has 0 saturated carbocycles. The first kappa shape index (κ1) is 15.6. The SMILES string of the molecule is CCCCCc1ccc(NCc2cccc(C)c2C)cc1. The molecule has 2 rings (SSSR count). The van der Waals surface area contributed by atoms with Gasteiger partial charge in [0.1, 0.15) is 0 Å². The van der Waals surface area contributed by atoms with Crippen LogP contribution in [0.3, 0.4) is 0 Å². The molecule has 0 aromatic heterocycles. The number of benzene rings is 2. The molecule has 1 nitrogen and oxygen atoms in total. The van der Waals surface area contributed by atoms with E-state index < -0.39 is 0 Å². The summed E-state index contributed by atoms with van der Waals surface area (Å²) >= 11 is 0. The van der Waals surface area contributed by atoms with Crippen molar-refractivity contribution in [2.45, 2.75) is 53.0 Å². The van der Waals surface area contributed by atoms with Crippen molar-refractivity contribution in [3.8, 4) is 0 Å².